The molecule has 0 fully saturated rings. The molecular weight excluding hydrogens is 346 g/mol. The molecule has 7 nitrogen and oxygen atoms in total. The van der Waals surface area contributed by atoms with Crippen molar-refractivity contribution in [2.75, 3.05) is 25.5 Å². The second kappa shape index (κ2) is 9.96. The van der Waals surface area contributed by atoms with E-state index in [4.69, 9.17) is 4.74 Å². The summed E-state index contributed by atoms with van der Waals surface area (Å²) in [4.78, 5) is 35.6. The van der Waals surface area contributed by atoms with Crippen molar-refractivity contribution in [3.63, 3.8) is 0 Å². The number of anilines is 1. The van der Waals surface area contributed by atoms with Crippen molar-refractivity contribution in [3.8, 4) is 5.75 Å². The van der Waals surface area contributed by atoms with E-state index >= 15 is 0 Å². The second-order valence-corrected chi connectivity index (χ2v) is 5.69. The van der Waals surface area contributed by atoms with Crippen molar-refractivity contribution in [3.05, 3.63) is 59.7 Å². The fourth-order valence-corrected chi connectivity index (χ4v) is 2.34. The van der Waals surface area contributed by atoms with Crippen LogP contribution in [0.3, 0.4) is 0 Å². The van der Waals surface area contributed by atoms with E-state index in [-0.39, 0.29) is 17.7 Å². The number of hydrogen-bond acceptors (Lipinski definition) is 4. The number of amides is 3. The molecule has 0 saturated heterocycles. The van der Waals surface area contributed by atoms with Gasteiger partial charge in [0.1, 0.15) is 5.75 Å². The Labute approximate surface area is 158 Å². The highest BCUT2D eigenvalue weighted by Gasteiger charge is 2.12. The highest BCUT2D eigenvalue weighted by Crippen LogP contribution is 2.19. The zero-order chi connectivity index (χ0) is 19.6. The summed E-state index contributed by atoms with van der Waals surface area (Å²) in [5, 5.41) is 8.18. The largest absolute Gasteiger partial charge is 0.496 e. The maximum Gasteiger partial charge on any atom is 0.259 e. The lowest BCUT2D eigenvalue weighted by atomic mass is 10.1. The van der Waals surface area contributed by atoms with Crippen molar-refractivity contribution in [2.45, 2.75) is 13.3 Å². The molecule has 2 aromatic carbocycles. The van der Waals surface area contributed by atoms with Gasteiger partial charge < -0.3 is 20.7 Å². The summed E-state index contributed by atoms with van der Waals surface area (Å²) in [7, 11) is 1.51. The Balaban J connectivity index is 1.90. The lowest BCUT2D eigenvalue weighted by Crippen LogP contribution is -2.34. The van der Waals surface area contributed by atoms with Crippen molar-refractivity contribution >= 4 is 23.4 Å². The van der Waals surface area contributed by atoms with Crippen LogP contribution in [-0.2, 0) is 4.79 Å². The summed E-state index contributed by atoms with van der Waals surface area (Å²) in [5.74, 6) is -0.111. The van der Waals surface area contributed by atoms with Gasteiger partial charge in [-0.05, 0) is 36.4 Å². The van der Waals surface area contributed by atoms with E-state index in [1.165, 1.54) is 7.11 Å². The molecule has 0 aliphatic carbocycles. The van der Waals surface area contributed by atoms with Gasteiger partial charge in [-0.3, -0.25) is 14.4 Å². The Morgan fingerprint density at radius 1 is 0.889 bits per heavy atom. The van der Waals surface area contributed by atoms with Crippen LogP contribution in [0, 0.1) is 0 Å². The minimum atomic E-state index is -0.295. The van der Waals surface area contributed by atoms with E-state index < -0.39 is 0 Å². The van der Waals surface area contributed by atoms with Crippen LogP contribution in [0.1, 0.15) is 34.1 Å². The van der Waals surface area contributed by atoms with Crippen LogP contribution < -0.4 is 20.7 Å². The quantitative estimate of drug-likeness (QED) is 0.622. The van der Waals surface area contributed by atoms with Crippen LogP contribution in [0.15, 0.2) is 48.5 Å². The van der Waals surface area contributed by atoms with Crippen LogP contribution in [0.5, 0.6) is 5.75 Å². The molecular formula is C20H23N3O4. The number of ether oxygens (including phenoxy) is 1. The molecule has 3 N–H and O–H groups in total. The lowest BCUT2D eigenvalue weighted by molar-refractivity contribution is -0.120. The van der Waals surface area contributed by atoms with Crippen molar-refractivity contribution in [1.82, 2.24) is 10.6 Å². The molecule has 142 valence electrons. The summed E-state index contributed by atoms with van der Waals surface area (Å²) in [6.45, 7) is 2.49. The molecule has 0 unspecified atom stereocenters. The number of methoxy groups -OCH3 is 1. The number of para-hydroxylation sites is 1. The van der Waals surface area contributed by atoms with Gasteiger partial charge in [0.2, 0.25) is 5.91 Å². The topological polar surface area (TPSA) is 96.5 Å². The van der Waals surface area contributed by atoms with Gasteiger partial charge in [0.25, 0.3) is 11.8 Å². The Kier molecular flexibility index (Phi) is 7.37. The molecule has 2 rings (SSSR count). The highest BCUT2D eigenvalue weighted by molar-refractivity contribution is 6.06. The predicted octanol–water partition coefficient (Wildman–Crippen LogP) is 2.20. The molecule has 27 heavy (non-hydrogen) atoms. The molecule has 0 saturated carbocycles. The standard InChI is InChI=1S/C20H23N3O4/c1-3-18(24)21-12-13-22-19(25)14-8-10-15(11-9-14)23-20(26)16-6-4-5-7-17(16)27-2/h4-11H,3,12-13H2,1-2H3,(H,21,24)(H,22,25)(H,23,26). The van der Waals surface area contributed by atoms with Crippen LogP contribution in [0.4, 0.5) is 5.69 Å². The van der Waals surface area contributed by atoms with E-state index in [0.717, 1.165) is 0 Å². The van der Waals surface area contributed by atoms with Gasteiger partial charge in [-0.15, -0.1) is 0 Å². The fraction of sp³-hybridized carbons (Fsp3) is 0.250. The third-order valence-corrected chi connectivity index (χ3v) is 3.81. The van der Waals surface area contributed by atoms with E-state index in [2.05, 4.69) is 16.0 Å². The average Bonchev–Trinajstić information content (AvgIpc) is 2.71. The molecule has 0 spiro atoms. The zero-order valence-electron chi connectivity index (χ0n) is 15.4. The molecule has 0 radical (unpaired) electrons. The Bertz CT molecular complexity index is 803. The van der Waals surface area contributed by atoms with Crippen molar-refractivity contribution in [2.24, 2.45) is 0 Å². The summed E-state index contributed by atoms with van der Waals surface area (Å²) in [5.41, 5.74) is 1.46. The second-order valence-electron chi connectivity index (χ2n) is 5.69. The highest BCUT2D eigenvalue weighted by atomic mass is 16.5. The van der Waals surface area contributed by atoms with Gasteiger partial charge in [0, 0.05) is 30.8 Å². The number of rotatable bonds is 8. The first-order valence-electron chi connectivity index (χ1n) is 8.64. The molecule has 0 bridgehead atoms. The number of carbonyl (C=O) groups excluding carboxylic acids is 3. The van der Waals surface area contributed by atoms with Gasteiger partial charge in [-0.25, -0.2) is 0 Å². The minimum absolute atomic E-state index is 0.0561. The maximum absolute atomic E-state index is 12.4. The lowest BCUT2D eigenvalue weighted by Gasteiger charge is -2.10. The van der Waals surface area contributed by atoms with Gasteiger partial charge in [0.15, 0.2) is 0 Å². The van der Waals surface area contributed by atoms with Gasteiger partial charge in [-0.1, -0.05) is 19.1 Å². The summed E-state index contributed by atoms with van der Waals surface area (Å²) >= 11 is 0. The number of benzene rings is 2. The summed E-state index contributed by atoms with van der Waals surface area (Å²) in [6.07, 6.45) is 0.413. The fourth-order valence-electron chi connectivity index (χ4n) is 2.34. The third kappa shape index (κ3) is 5.85. The van der Waals surface area contributed by atoms with Crippen molar-refractivity contribution < 1.29 is 19.1 Å². The molecule has 0 aliphatic heterocycles. The Hall–Kier alpha value is -3.35. The van der Waals surface area contributed by atoms with E-state index in [1.807, 2.05) is 0 Å². The molecule has 0 aromatic heterocycles. The monoisotopic (exact) mass is 369 g/mol. The molecule has 0 atom stereocenters. The number of carbonyl (C=O) groups is 3. The predicted molar refractivity (Wildman–Crippen MR) is 103 cm³/mol. The molecule has 0 aliphatic rings. The molecule has 2 aromatic rings. The first-order chi connectivity index (χ1) is 13.0. The van der Waals surface area contributed by atoms with E-state index in [0.29, 0.717) is 42.1 Å². The number of nitrogens with one attached hydrogen (secondary N) is 3. The van der Waals surface area contributed by atoms with Gasteiger partial charge >= 0.3 is 0 Å². The van der Waals surface area contributed by atoms with Gasteiger partial charge in [-0.2, -0.15) is 0 Å². The minimum Gasteiger partial charge on any atom is -0.496 e. The first-order valence-corrected chi connectivity index (χ1v) is 8.64. The molecule has 7 heteroatoms. The first kappa shape index (κ1) is 20.0. The molecule has 0 heterocycles. The molecule has 3 amide bonds. The van der Waals surface area contributed by atoms with E-state index in [1.54, 1.807) is 55.5 Å². The maximum atomic E-state index is 12.4. The third-order valence-electron chi connectivity index (χ3n) is 3.81. The average molecular weight is 369 g/mol. The Morgan fingerprint density at radius 3 is 2.22 bits per heavy atom. The SMILES string of the molecule is CCC(=O)NCCNC(=O)c1ccc(NC(=O)c2ccccc2OC)cc1. The summed E-state index contributed by atoms with van der Waals surface area (Å²) in [6, 6.07) is 13.5. The zero-order valence-corrected chi connectivity index (χ0v) is 15.4. The van der Waals surface area contributed by atoms with Crippen LogP contribution in [-0.4, -0.2) is 37.9 Å². The van der Waals surface area contributed by atoms with Crippen molar-refractivity contribution in [1.29, 1.82) is 0 Å². The normalized spacial score (nSPS) is 10.0. The van der Waals surface area contributed by atoms with Crippen LogP contribution in [0.2, 0.25) is 0 Å². The van der Waals surface area contributed by atoms with Gasteiger partial charge in [0.05, 0.1) is 12.7 Å². The number of hydrogen-bond donors (Lipinski definition) is 3. The smallest absolute Gasteiger partial charge is 0.259 e. The van der Waals surface area contributed by atoms with Crippen LogP contribution in [0.25, 0.3) is 0 Å². The van der Waals surface area contributed by atoms with E-state index in [9.17, 15) is 14.4 Å². The Morgan fingerprint density at radius 2 is 1.56 bits per heavy atom. The van der Waals surface area contributed by atoms with Crippen LogP contribution >= 0.6 is 0 Å². The summed E-state index contributed by atoms with van der Waals surface area (Å²) < 4.78 is 5.18.